The molecule has 0 spiro atoms. The maximum Gasteiger partial charge on any atom is 0.229 e. The van der Waals surface area contributed by atoms with Gasteiger partial charge in [0, 0.05) is 24.9 Å². The Labute approximate surface area is 108 Å². The molecule has 4 nitrogen and oxygen atoms in total. The quantitative estimate of drug-likeness (QED) is 0.827. The molecule has 1 aliphatic heterocycles. The van der Waals surface area contributed by atoms with Crippen molar-refractivity contribution in [2.24, 2.45) is 5.73 Å². The van der Waals surface area contributed by atoms with E-state index < -0.39 is 0 Å². The summed E-state index contributed by atoms with van der Waals surface area (Å²) < 4.78 is 5.23. The normalized spacial score (nSPS) is 18.6. The van der Waals surface area contributed by atoms with Gasteiger partial charge in [0.05, 0.1) is 13.0 Å². The van der Waals surface area contributed by atoms with Crippen LogP contribution in [0.3, 0.4) is 0 Å². The summed E-state index contributed by atoms with van der Waals surface area (Å²) in [6.07, 6.45) is 1.24. The highest BCUT2D eigenvalue weighted by Gasteiger charge is 2.25. The molecule has 1 aromatic rings. The number of carbonyl (C=O) groups excluding carboxylic acids is 1. The van der Waals surface area contributed by atoms with Crippen molar-refractivity contribution in [1.29, 1.82) is 0 Å². The summed E-state index contributed by atoms with van der Waals surface area (Å²) in [5.74, 6) is 0.114. The van der Waals surface area contributed by atoms with Gasteiger partial charge in [-0.05, 0) is 25.0 Å². The second-order valence-corrected chi connectivity index (χ2v) is 4.45. The van der Waals surface area contributed by atoms with Gasteiger partial charge in [-0.2, -0.15) is 0 Å². The van der Waals surface area contributed by atoms with Gasteiger partial charge in [-0.15, -0.1) is 0 Å². The molecule has 1 unspecified atom stereocenters. The Morgan fingerprint density at radius 1 is 1.50 bits per heavy atom. The summed E-state index contributed by atoms with van der Waals surface area (Å²) in [5.41, 5.74) is 8.09. The van der Waals surface area contributed by atoms with Crippen LogP contribution in [0.15, 0.2) is 24.3 Å². The average molecular weight is 248 g/mol. The summed E-state index contributed by atoms with van der Waals surface area (Å²) in [4.78, 5) is 14.0. The van der Waals surface area contributed by atoms with Gasteiger partial charge in [0.2, 0.25) is 5.91 Å². The minimum absolute atomic E-state index is 0.0390. The molecule has 4 heteroatoms. The molecule has 0 radical (unpaired) electrons. The van der Waals surface area contributed by atoms with Crippen LogP contribution in [0.5, 0.6) is 0 Å². The number of nitrogens with zero attached hydrogens (tertiary/aromatic N) is 1. The van der Waals surface area contributed by atoms with Gasteiger partial charge in [0.15, 0.2) is 0 Å². The van der Waals surface area contributed by atoms with Crippen molar-refractivity contribution >= 4 is 11.6 Å². The SMILES string of the molecule is CCOCCC(=O)N1CCC(N)c2ccccc21. The first-order valence-electron chi connectivity index (χ1n) is 6.46. The molecule has 1 aliphatic rings. The third-order valence-electron chi connectivity index (χ3n) is 3.26. The van der Waals surface area contributed by atoms with Crippen LogP contribution in [0.25, 0.3) is 0 Å². The van der Waals surface area contributed by atoms with Crippen LogP contribution < -0.4 is 10.6 Å². The number of rotatable bonds is 4. The van der Waals surface area contributed by atoms with Crippen molar-refractivity contribution in [1.82, 2.24) is 0 Å². The first-order valence-corrected chi connectivity index (χ1v) is 6.46. The lowest BCUT2D eigenvalue weighted by Gasteiger charge is -2.32. The number of amides is 1. The Balaban J connectivity index is 2.11. The van der Waals surface area contributed by atoms with Crippen molar-refractivity contribution in [3.63, 3.8) is 0 Å². The number of benzene rings is 1. The number of fused-ring (bicyclic) bond motifs is 1. The molecule has 0 saturated heterocycles. The molecule has 1 atom stereocenters. The summed E-state index contributed by atoms with van der Waals surface area (Å²) in [5, 5.41) is 0. The van der Waals surface area contributed by atoms with Crippen molar-refractivity contribution in [3.8, 4) is 0 Å². The second-order valence-electron chi connectivity index (χ2n) is 4.45. The number of nitrogens with two attached hydrogens (primary N) is 1. The Hall–Kier alpha value is -1.39. The van der Waals surface area contributed by atoms with Gasteiger partial charge in [-0.25, -0.2) is 0 Å². The lowest BCUT2D eigenvalue weighted by atomic mass is 9.97. The van der Waals surface area contributed by atoms with E-state index in [1.807, 2.05) is 36.1 Å². The van der Waals surface area contributed by atoms with Crippen molar-refractivity contribution in [3.05, 3.63) is 29.8 Å². The van der Waals surface area contributed by atoms with E-state index >= 15 is 0 Å². The van der Waals surface area contributed by atoms with Crippen LogP contribution in [-0.4, -0.2) is 25.7 Å². The fourth-order valence-electron chi connectivity index (χ4n) is 2.29. The lowest BCUT2D eigenvalue weighted by molar-refractivity contribution is -0.119. The lowest BCUT2D eigenvalue weighted by Crippen LogP contribution is -2.38. The highest BCUT2D eigenvalue weighted by Crippen LogP contribution is 2.32. The van der Waals surface area contributed by atoms with Crippen molar-refractivity contribution in [2.45, 2.75) is 25.8 Å². The summed E-state index contributed by atoms with van der Waals surface area (Å²) in [6.45, 7) is 3.76. The molecule has 1 heterocycles. The maximum absolute atomic E-state index is 12.1. The summed E-state index contributed by atoms with van der Waals surface area (Å²) in [6, 6.07) is 7.92. The Morgan fingerprint density at radius 3 is 3.06 bits per heavy atom. The zero-order chi connectivity index (χ0) is 13.0. The van der Waals surface area contributed by atoms with Gasteiger partial charge in [0.1, 0.15) is 0 Å². The maximum atomic E-state index is 12.1. The zero-order valence-corrected chi connectivity index (χ0v) is 10.8. The number of hydrogen-bond acceptors (Lipinski definition) is 3. The third-order valence-corrected chi connectivity index (χ3v) is 3.26. The van der Waals surface area contributed by atoms with E-state index in [-0.39, 0.29) is 11.9 Å². The summed E-state index contributed by atoms with van der Waals surface area (Å²) in [7, 11) is 0. The third kappa shape index (κ3) is 2.71. The monoisotopic (exact) mass is 248 g/mol. The van der Waals surface area contributed by atoms with E-state index in [1.165, 1.54) is 0 Å². The van der Waals surface area contributed by atoms with E-state index in [0.717, 1.165) is 17.7 Å². The molecule has 1 amide bonds. The van der Waals surface area contributed by atoms with E-state index in [9.17, 15) is 4.79 Å². The first kappa shape index (κ1) is 13.1. The standard InChI is InChI=1S/C14H20N2O2/c1-2-18-10-8-14(17)16-9-7-12(15)11-5-3-4-6-13(11)16/h3-6,12H,2,7-10,15H2,1H3. The molecule has 2 N–H and O–H groups in total. The van der Waals surface area contributed by atoms with Crippen LogP contribution in [-0.2, 0) is 9.53 Å². The Morgan fingerprint density at radius 2 is 2.28 bits per heavy atom. The highest BCUT2D eigenvalue weighted by atomic mass is 16.5. The molecule has 2 rings (SSSR count). The van der Waals surface area contributed by atoms with Crippen LogP contribution in [0.4, 0.5) is 5.69 Å². The van der Waals surface area contributed by atoms with Gasteiger partial charge < -0.3 is 15.4 Å². The molecular formula is C14H20N2O2. The van der Waals surface area contributed by atoms with Gasteiger partial charge >= 0.3 is 0 Å². The van der Waals surface area contributed by atoms with Gasteiger partial charge in [-0.3, -0.25) is 4.79 Å². The number of carbonyl (C=O) groups is 1. The van der Waals surface area contributed by atoms with Crippen LogP contribution >= 0.6 is 0 Å². The Kier molecular flexibility index (Phi) is 4.33. The fourth-order valence-corrected chi connectivity index (χ4v) is 2.29. The molecule has 0 saturated carbocycles. The van der Waals surface area contributed by atoms with E-state index in [0.29, 0.717) is 26.2 Å². The van der Waals surface area contributed by atoms with Crippen LogP contribution in [0.2, 0.25) is 0 Å². The summed E-state index contributed by atoms with van der Waals surface area (Å²) >= 11 is 0. The second kappa shape index (κ2) is 5.98. The molecular weight excluding hydrogens is 228 g/mol. The minimum Gasteiger partial charge on any atom is -0.381 e. The molecule has 0 aliphatic carbocycles. The van der Waals surface area contributed by atoms with E-state index in [2.05, 4.69) is 0 Å². The first-order chi connectivity index (χ1) is 8.74. The predicted octanol–water partition coefficient (Wildman–Crippen LogP) is 1.85. The smallest absolute Gasteiger partial charge is 0.229 e. The number of anilines is 1. The zero-order valence-electron chi connectivity index (χ0n) is 10.8. The molecule has 0 bridgehead atoms. The van der Waals surface area contributed by atoms with Gasteiger partial charge in [0.25, 0.3) is 0 Å². The van der Waals surface area contributed by atoms with Crippen LogP contribution in [0, 0.1) is 0 Å². The van der Waals surface area contributed by atoms with E-state index in [4.69, 9.17) is 10.5 Å². The number of para-hydroxylation sites is 1. The highest BCUT2D eigenvalue weighted by molar-refractivity contribution is 5.94. The molecule has 1 aromatic carbocycles. The van der Waals surface area contributed by atoms with Gasteiger partial charge in [-0.1, -0.05) is 18.2 Å². The minimum atomic E-state index is 0.0390. The molecule has 0 fully saturated rings. The predicted molar refractivity (Wildman–Crippen MR) is 71.5 cm³/mol. The molecule has 18 heavy (non-hydrogen) atoms. The fraction of sp³-hybridized carbons (Fsp3) is 0.500. The number of hydrogen-bond donors (Lipinski definition) is 1. The van der Waals surface area contributed by atoms with Crippen LogP contribution in [0.1, 0.15) is 31.4 Å². The average Bonchev–Trinajstić information content (AvgIpc) is 2.39. The van der Waals surface area contributed by atoms with E-state index in [1.54, 1.807) is 0 Å². The topological polar surface area (TPSA) is 55.6 Å². The number of ether oxygens (including phenoxy) is 1. The van der Waals surface area contributed by atoms with Crippen molar-refractivity contribution in [2.75, 3.05) is 24.7 Å². The molecule has 98 valence electrons. The van der Waals surface area contributed by atoms with Crippen molar-refractivity contribution < 1.29 is 9.53 Å². The largest absolute Gasteiger partial charge is 0.381 e. The Bertz CT molecular complexity index is 420. The molecule has 0 aromatic heterocycles.